The number of nitrogens with zero attached hydrogens (tertiary/aromatic N) is 2. The van der Waals surface area contributed by atoms with E-state index in [1.807, 2.05) is 6.92 Å². The van der Waals surface area contributed by atoms with E-state index in [0.29, 0.717) is 5.84 Å². The van der Waals surface area contributed by atoms with Crippen molar-refractivity contribution in [2.75, 3.05) is 13.1 Å². The lowest BCUT2D eigenvalue weighted by atomic mass is 9.96. The Balaban J connectivity index is 1.77. The van der Waals surface area contributed by atoms with Crippen molar-refractivity contribution in [1.82, 2.24) is 14.9 Å². The first kappa shape index (κ1) is 16.8. The Morgan fingerprint density at radius 2 is 1.96 bits per heavy atom. The fourth-order valence-electron chi connectivity index (χ4n) is 3.18. The van der Waals surface area contributed by atoms with E-state index < -0.39 is 0 Å². The summed E-state index contributed by atoms with van der Waals surface area (Å²) < 4.78 is 6.22. The smallest absolute Gasteiger partial charge is 0.122 e. The van der Waals surface area contributed by atoms with E-state index >= 15 is 0 Å². The number of hydrogen-bond acceptors (Lipinski definition) is 3. The van der Waals surface area contributed by atoms with Crippen LogP contribution in [-0.4, -0.2) is 39.9 Å². The van der Waals surface area contributed by atoms with Crippen molar-refractivity contribution >= 4 is 16.9 Å². The molecule has 2 aromatic rings. The van der Waals surface area contributed by atoms with E-state index in [-0.39, 0.29) is 11.5 Å². The molecule has 1 fully saturated rings. The monoisotopic (exact) mass is 328 g/mol. The van der Waals surface area contributed by atoms with Gasteiger partial charge in [-0.05, 0) is 25.5 Å². The SMILES string of the molecule is CC(=N)N1CCC(Oc2cc(C)c3nc(C(C)(C)C)[nH]c3c2)CC1. The zero-order valence-corrected chi connectivity index (χ0v) is 15.4. The van der Waals surface area contributed by atoms with Crippen LogP contribution in [0.5, 0.6) is 5.75 Å². The Kier molecular flexibility index (Phi) is 4.28. The van der Waals surface area contributed by atoms with Gasteiger partial charge < -0.3 is 14.6 Å². The third-order valence-electron chi connectivity index (χ3n) is 4.68. The highest BCUT2D eigenvalue weighted by atomic mass is 16.5. The second-order valence-corrected chi connectivity index (χ2v) is 7.86. The molecular formula is C19H28N4O. The lowest BCUT2D eigenvalue weighted by Crippen LogP contribution is -2.40. The topological polar surface area (TPSA) is 65.0 Å². The standard InChI is InChI=1S/C19H28N4O/c1-12-10-15(24-14-6-8-23(9-7-14)13(2)20)11-16-17(12)22-18(21-16)19(3,4)5/h10-11,14,20H,6-9H2,1-5H3,(H,21,22). The van der Waals surface area contributed by atoms with Gasteiger partial charge in [0.25, 0.3) is 0 Å². The molecule has 1 aliphatic heterocycles. The fourth-order valence-corrected chi connectivity index (χ4v) is 3.18. The fraction of sp³-hybridized carbons (Fsp3) is 0.579. The van der Waals surface area contributed by atoms with Gasteiger partial charge in [-0.1, -0.05) is 20.8 Å². The van der Waals surface area contributed by atoms with Crippen molar-refractivity contribution in [1.29, 1.82) is 5.41 Å². The highest BCUT2D eigenvalue weighted by Crippen LogP contribution is 2.29. The van der Waals surface area contributed by atoms with Crippen LogP contribution in [-0.2, 0) is 5.41 Å². The number of aromatic amines is 1. The second kappa shape index (κ2) is 6.11. The van der Waals surface area contributed by atoms with E-state index in [2.05, 4.69) is 49.7 Å². The molecule has 5 heteroatoms. The van der Waals surface area contributed by atoms with Crippen LogP contribution in [0.4, 0.5) is 0 Å². The molecule has 0 aliphatic carbocycles. The minimum atomic E-state index is 0.00390. The molecule has 130 valence electrons. The number of imidazole rings is 1. The van der Waals surface area contributed by atoms with Gasteiger partial charge in [-0.25, -0.2) is 4.98 Å². The Morgan fingerprint density at radius 1 is 1.29 bits per heavy atom. The average Bonchev–Trinajstić information content (AvgIpc) is 2.92. The second-order valence-electron chi connectivity index (χ2n) is 7.86. The maximum Gasteiger partial charge on any atom is 0.122 e. The van der Waals surface area contributed by atoms with Crippen LogP contribution in [0.3, 0.4) is 0 Å². The maximum atomic E-state index is 7.72. The van der Waals surface area contributed by atoms with Crippen LogP contribution >= 0.6 is 0 Å². The van der Waals surface area contributed by atoms with Crippen LogP contribution < -0.4 is 4.74 Å². The molecule has 0 bridgehead atoms. The van der Waals surface area contributed by atoms with Crippen molar-refractivity contribution in [3.05, 3.63) is 23.5 Å². The first-order valence-corrected chi connectivity index (χ1v) is 8.71. The van der Waals surface area contributed by atoms with Crippen LogP contribution in [0.25, 0.3) is 11.0 Å². The predicted octanol–water partition coefficient (Wildman–Crippen LogP) is 4.01. The number of likely N-dealkylation sites (tertiary alicyclic amines) is 1. The van der Waals surface area contributed by atoms with E-state index in [1.54, 1.807) is 0 Å². The molecule has 1 aliphatic rings. The van der Waals surface area contributed by atoms with E-state index in [4.69, 9.17) is 15.1 Å². The number of fused-ring (bicyclic) bond motifs is 1. The molecule has 0 atom stereocenters. The third-order valence-corrected chi connectivity index (χ3v) is 4.68. The molecule has 1 aromatic heterocycles. The van der Waals surface area contributed by atoms with Gasteiger partial charge in [0.1, 0.15) is 17.7 Å². The number of H-pyrrole nitrogens is 1. The molecule has 24 heavy (non-hydrogen) atoms. The van der Waals surface area contributed by atoms with Gasteiger partial charge in [0.2, 0.25) is 0 Å². The number of benzene rings is 1. The molecule has 0 amide bonds. The third kappa shape index (κ3) is 3.40. The molecule has 5 nitrogen and oxygen atoms in total. The van der Waals surface area contributed by atoms with Gasteiger partial charge in [-0.15, -0.1) is 0 Å². The van der Waals surface area contributed by atoms with Gasteiger partial charge in [0, 0.05) is 37.4 Å². The van der Waals surface area contributed by atoms with Crippen molar-refractivity contribution in [2.24, 2.45) is 0 Å². The molecule has 0 radical (unpaired) electrons. The maximum absolute atomic E-state index is 7.72. The minimum Gasteiger partial charge on any atom is -0.490 e. The van der Waals surface area contributed by atoms with Crippen molar-refractivity contribution in [3.63, 3.8) is 0 Å². The van der Waals surface area contributed by atoms with Crippen LogP contribution in [0.1, 0.15) is 51.9 Å². The summed E-state index contributed by atoms with van der Waals surface area (Å²) in [5, 5.41) is 7.72. The van der Waals surface area contributed by atoms with Crippen LogP contribution in [0.2, 0.25) is 0 Å². The number of rotatable bonds is 2. The van der Waals surface area contributed by atoms with Crippen molar-refractivity contribution in [2.45, 2.75) is 59.0 Å². The lowest BCUT2D eigenvalue weighted by molar-refractivity contribution is 0.130. The Morgan fingerprint density at radius 3 is 2.54 bits per heavy atom. The number of aryl methyl sites for hydroxylation is 1. The molecule has 0 spiro atoms. The number of nitrogens with one attached hydrogen (secondary N) is 2. The van der Waals surface area contributed by atoms with Crippen LogP contribution in [0.15, 0.2) is 12.1 Å². The highest BCUT2D eigenvalue weighted by molar-refractivity contribution is 5.80. The zero-order chi connectivity index (χ0) is 17.5. The Labute approximate surface area is 143 Å². The number of piperidine rings is 1. The zero-order valence-electron chi connectivity index (χ0n) is 15.4. The molecule has 0 saturated carbocycles. The Bertz CT molecular complexity index is 749. The van der Waals surface area contributed by atoms with Crippen LogP contribution in [0, 0.1) is 12.3 Å². The molecule has 1 aromatic carbocycles. The van der Waals surface area contributed by atoms with Gasteiger partial charge in [0.05, 0.1) is 16.9 Å². The number of ether oxygens (including phenoxy) is 1. The summed E-state index contributed by atoms with van der Waals surface area (Å²) in [6.45, 7) is 12.2. The van der Waals surface area contributed by atoms with Gasteiger partial charge in [-0.3, -0.25) is 5.41 Å². The first-order chi connectivity index (χ1) is 11.2. The summed E-state index contributed by atoms with van der Waals surface area (Å²) >= 11 is 0. The average molecular weight is 328 g/mol. The van der Waals surface area contributed by atoms with E-state index in [0.717, 1.165) is 54.1 Å². The van der Waals surface area contributed by atoms with E-state index in [1.165, 1.54) is 0 Å². The molecule has 0 unspecified atom stereocenters. The quantitative estimate of drug-likeness (QED) is 0.646. The molecule has 1 saturated heterocycles. The van der Waals surface area contributed by atoms with Gasteiger partial charge in [0.15, 0.2) is 0 Å². The summed E-state index contributed by atoms with van der Waals surface area (Å²) in [6, 6.07) is 4.16. The lowest BCUT2D eigenvalue weighted by Gasteiger charge is -2.32. The summed E-state index contributed by atoms with van der Waals surface area (Å²) in [7, 11) is 0. The summed E-state index contributed by atoms with van der Waals surface area (Å²) in [4.78, 5) is 10.3. The molecular weight excluding hydrogens is 300 g/mol. The minimum absolute atomic E-state index is 0.00390. The molecule has 2 heterocycles. The summed E-state index contributed by atoms with van der Waals surface area (Å²) in [5.41, 5.74) is 3.22. The normalized spacial score (nSPS) is 16.6. The number of aromatic nitrogens is 2. The first-order valence-electron chi connectivity index (χ1n) is 8.71. The number of amidine groups is 1. The van der Waals surface area contributed by atoms with Crippen molar-refractivity contribution in [3.8, 4) is 5.75 Å². The van der Waals surface area contributed by atoms with Crippen molar-refractivity contribution < 1.29 is 4.74 Å². The largest absolute Gasteiger partial charge is 0.490 e. The summed E-state index contributed by atoms with van der Waals surface area (Å²) in [5.74, 6) is 2.57. The predicted molar refractivity (Wildman–Crippen MR) is 98.2 cm³/mol. The van der Waals surface area contributed by atoms with Gasteiger partial charge in [-0.2, -0.15) is 0 Å². The van der Waals surface area contributed by atoms with E-state index in [9.17, 15) is 0 Å². The molecule has 3 rings (SSSR count). The number of hydrogen-bond donors (Lipinski definition) is 2. The van der Waals surface area contributed by atoms with Gasteiger partial charge >= 0.3 is 0 Å². The summed E-state index contributed by atoms with van der Waals surface area (Å²) in [6.07, 6.45) is 2.15. The Hall–Kier alpha value is -2.04. The molecule has 2 N–H and O–H groups in total. The highest BCUT2D eigenvalue weighted by Gasteiger charge is 2.22.